The molecule has 2 rings (SSSR count). The molecule has 0 amide bonds. The molecule has 0 radical (unpaired) electrons. The molecule has 0 aromatic carbocycles. The second kappa shape index (κ2) is 2.44. The maximum absolute atomic E-state index is 10.8. The molecule has 0 bridgehead atoms. The minimum absolute atomic E-state index is 0.0551. The topological polar surface area (TPSA) is 87.5 Å². The zero-order chi connectivity index (χ0) is 9.42. The largest absolute Gasteiger partial charge is 0.478 e. The Labute approximate surface area is 71.4 Å². The summed E-state index contributed by atoms with van der Waals surface area (Å²) < 4.78 is 1.37. The van der Waals surface area contributed by atoms with E-state index < -0.39 is 11.5 Å². The zero-order valence-corrected chi connectivity index (χ0v) is 6.39. The minimum Gasteiger partial charge on any atom is -0.478 e. The molecule has 0 saturated heterocycles. The van der Waals surface area contributed by atoms with Crippen molar-refractivity contribution in [1.82, 2.24) is 14.6 Å². The SMILES string of the molecule is O=C(O)c1c[nH]n2cnc(=O)cc12. The highest BCUT2D eigenvalue weighted by Gasteiger charge is 2.09. The van der Waals surface area contributed by atoms with Gasteiger partial charge in [0.05, 0.1) is 5.52 Å². The van der Waals surface area contributed by atoms with Crippen LogP contribution in [0.5, 0.6) is 0 Å². The minimum atomic E-state index is -1.08. The van der Waals surface area contributed by atoms with Crippen molar-refractivity contribution in [2.75, 3.05) is 0 Å². The number of nitrogens with zero attached hydrogens (tertiary/aromatic N) is 2. The number of carboxylic acid groups (broad SMARTS) is 1. The lowest BCUT2D eigenvalue weighted by atomic mass is 10.3. The highest BCUT2D eigenvalue weighted by atomic mass is 16.4. The van der Waals surface area contributed by atoms with Gasteiger partial charge < -0.3 is 5.11 Å². The molecule has 0 atom stereocenters. The van der Waals surface area contributed by atoms with Crippen LogP contribution in [0.4, 0.5) is 0 Å². The second-order valence-corrected chi connectivity index (χ2v) is 2.47. The number of carbonyl (C=O) groups is 1. The van der Waals surface area contributed by atoms with Gasteiger partial charge in [0.2, 0.25) is 0 Å². The lowest BCUT2D eigenvalue weighted by Crippen LogP contribution is -2.06. The molecule has 0 aliphatic rings. The summed E-state index contributed by atoms with van der Waals surface area (Å²) in [5.74, 6) is -1.08. The predicted octanol–water partition coefficient (Wildman–Crippen LogP) is -0.279. The van der Waals surface area contributed by atoms with Crippen LogP contribution < -0.4 is 5.56 Å². The smallest absolute Gasteiger partial charge is 0.339 e. The van der Waals surface area contributed by atoms with E-state index in [9.17, 15) is 9.59 Å². The Kier molecular flexibility index (Phi) is 1.42. The van der Waals surface area contributed by atoms with Crippen LogP contribution in [0.15, 0.2) is 23.4 Å². The van der Waals surface area contributed by atoms with Gasteiger partial charge in [-0.25, -0.2) is 9.31 Å². The number of carboxylic acids is 1. The Morgan fingerprint density at radius 2 is 2.38 bits per heavy atom. The molecule has 6 nitrogen and oxygen atoms in total. The Morgan fingerprint density at radius 3 is 3.08 bits per heavy atom. The van der Waals surface area contributed by atoms with Crippen molar-refractivity contribution in [2.45, 2.75) is 0 Å². The molecule has 2 heterocycles. The van der Waals surface area contributed by atoms with Gasteiger partial charge in [-0.15, -0.1) is 0 Å². The molecule has 6 heteroatoms. The number of aromatic amines is 1. The van der Waals surface area contributed by atoms with Gasteiger partial charge >= 0.3 is 5.97 Å². The molecule has 13 heavy (non-hydrogen) atoms. The second-order valence-electron chi connectivity index (χ2n) is 2.47. The Balaban J connectivity index is 2.86. The van der Waals surface area contributed by atoms with Crippen molar-refractivity contribution in [3.63, 3.8) is 0 Å². The average molecular weight is 179 g/mol. The standard InChI is InChI=1S/C7H5N3O3/c11-6-1-5-4(7(12)13)2-9-10(5)3-8-6/h1-3,9H,(H,12,13). The van der Waals surface area contributed by atoms with E-state index in [0.717, 1.165) is 0 Å². The first-order chi connectivity index (χ1) is 6.18. The molecule has 0 aliphatic carbocycles. The predicted molar refractivity (Wildman–Crippen MR) is 42.8 cm³/mol. The molecule has 0 unspecified atom stereocenters. The van der Waals surface area contributed by atoms with Crippen LogP contribution in [0.3, 0.4) is 0 Å². The average Bonchev–Trinajstić information content (AvgIpc) is 2.46. The Bertz CT molecular complexity index is 525. The Hall–Kier alpha value is -2.11. The summed E-state index contributed by atoms with van der Waals surface area (Å²) in [5, 5.41) is 11.3. The fraction of sp³-hybridized carbons (Fsp3) is 0. The van der Waals surface area contributed by atoms with Crippen LogP contribution in [0.1, 0.15) is 10.4 Å². The third-order valence-electron chi connectivity index (χ3n) is 1.67. The summed E-state index contributed by atoms with van der Waals surface area (Å²) in [6.45, 7) is 0. The number of nitrogens with one attached hydrogen (secondary N) is 1. The van der Waals surface area contributed by atoms with Gasteiger partial charge in [-0.05, 0) is 0 Å². The van der Waals surface area contributed by atoms with Crippen LogP contribution >= 0.6 is 0 Å². The van der Waals surface area contributed by atoms with Gasteiger partial charge in [-0.3, -0.25) is 9.89 Å². The van der Waals surface area contributed by atoms with Crippen molar-refractivity contribution in [3.05, 3.63) is 34.5 Å². The molecule has 0 aliphatic heterocycles. The van der Waals surface area contributed by atoms with Crippen LogP contribution in [0.25, 0.3) is 5.52 Å². The van der Waals surface area contributed by atoms with Crippen LogP contribution in [0, 0.1) is 0 Å². The van der Waals surface area contributed by atoms with Gasteiger partial charge in [0.1, 0.15) is 11.9 Å². The van der Waals surface area contributed by atoms with E-state index >= 15 is 0 Å². The number of hydrogen-bond donors (Lipinski definition) is 2. The lowest BCUT2D eigenvalue weighted by Gasteiger charge is -1.90. The molecular formula is C7H5N3O3. The molecule has 0 saturated carbocycles. The number of rotatable bonds is 1. The number of H-pyrrole nitrogens is 1. The molecule has 0 spiro atoms. The van der Waals surface area contributed by atoms with E-state index in [0.29, 0.717) is 5.52 Å². The number of aromatic carboxylic acids is 1. The molecule has 2 aromatic rings. The van der Waals surface area contributed by atoms with Crippen molar-refractivity contribution in [2.24, 2.45) is 0 Å². The van der Waals surface area contributed by atoms with Gasteiger partial charge in [0.25, 0.3) is 5.56 Å². The fourth-order valence-corrected chi connectivity index (χ4v) is 1.09. The highest BCUT2D eigenvalue weighted by molar-refractivity contribution is 5.95. The number of fused-ring (bicyclic) bond motifs is 1. The van der Waals surface area contributed by atoms with E-state index in [4.69, 9.17) is 5.11 Å². The number of hydrogen-bond acceptors (Lipinski definition) is 3. The summed E-state index contributed by atoms with van der Waals surface area (Å²) in [4.78, 5) is 24.9. The first-order valence-corrected chi connectivity index (χ1v) is 3.47. The van der Waals surface area contributed by atoms with Crippen molar-refractivity contribution < 1.29 is 9.90 Å². The lowest BCUT2D eigenvalue weighted by molar-refractivity contribution is 0.0699. The third-order valence-corrected chi connectivity index (χ3v) is 1.67. The summed E-state index contributed by atoms with van der Waals surface area (Å²) >= 11 is 0. The Morgan fingerprint density at radius 1 is 1.62 bits per heavy atom. The van der Waals surface area contributed by atoms with E-state index in [1.54, 1.807) is 0 Å². The quantitative estimate of drug-likeness (QED) is 0.630. The van der Waals surface area contributed by atoms with E-state index in [-0.39, 0.29) is 5.56 Å². The van der Waals surface area contributed by atoms with Gasteiger partial charge in [0.15, 0.2) is 0 Å². The normalized spacial score (nSPS) is 10.5. The van der Waals surface area contributed by atoms with Gasteiger partial charge in [-0.1, -0.05) is 0 Å². The summed E-state index contributed by atoms with van der Waals surface area (Å²) in [6, 6.07) is 1.17. The number of aromatic nitrogens is 3. The van der Waals surface area contributed by atoms with E-state index in [2.05, 4.69) is 10.1 Å². The summed E-state index contributed by atoms with van der Waals surface area (Å²) in [5.41, 5.74) is -0.0888. The fourth-order valence-electron chi connectivity index (χ4n) is 1.09. The molecule has 66 valence electrons. The van der Waals surface area contributed by atoms with E-state index in [1.165, 1.54) is 23.1 Å². The maximum atomic E-state index is 10.8. The first kappa shape index (κ1) is 7.53. The maximum Gasteiger partial charge on any atom is 0.339 e. The van der Waals surface area contributed by atoms with Gasteiger partial charge in [-0.2, -0.15) is 4.98 Å². The van der Waals surface area contributed by atoms with Crippen LogP contribution in [-0.2, 0) is 0 Å². The van der Waals surface area contributed by atoms with Crippen LogP contribution in [0.2, 0.25) is 0 Å². The molecule has 2 N–H and O–H groups in total. The summed E-state index contributed by atoms with van der Waals surface area (Å²) in [6.07, 6.45) is 2.54. The third kappa shape index (κ3) is 1.08. The van der Waals surface area contributed by atoms with Gasteiger partial charge in [0, 0.05) is 12.3 Å². The van der Waals surface area contributed by atoms with Crippen molar-refractivity contribution >= 4 is 11.5 Å². The van der Waals surface area contributed by atoms with E-state index in [1.807, 2.05) is 0 Å². The molecular weight excluding hydrogens is 174 g/mol. The molecule has 0 fully saturated rings. The van der Waals surface area contributed by atoms with Crippen LogP contribution in [-0.4, -0.2) is 25.7 Å². The summed E-state index contributed by atoms with van der Waals surface area (Å²) in [7, 11) is 0. The van der Waals surface area contributed by atoms with Crippen molar-refractivity contribution in [3.8, 4) is 0 Å². The van der Waals surface area contributed by atoms with Crippen molar-refractivity contribution in [1.29, 1.82) is 0 Å². The highest BCUT2D eigenvalue weighted by Crippen LogP contribution is 2.06. The monoisotopic (exact) mass is 179 g/mol. The first-order valence-electron chi connectivity index (χ1n) is 3.47. The zero-order valence-electron chi connectivity index (χ0n) is 6.39. The molecule has 2 aromatic heterocycles.